The van der Waals surface area contributed by atoms with Crippen LogP contribution in [-0.2, 0) is 15.8 Å². The van der Waals surface area contributed by atoms with Gasteiger partial charge in [0.05, 0.1) is 0 Å². The van der Waals surface area contributed by atoms with E-state index in [-0.39, 0.29) is 5.75 Å². The molecule has 3 aromatic rings. The second kappa shape index (κ2) is 8.90. The van der Waals surface area contributed by atoms with Gasteiger partial charge >= 0.3 is 179 Å². The molecule has 134 valence electrons. The van der Waals surface area contributed by atoms with Gasteiger partial charge in [0.2, 0.25) is 0 Å². The average Bonchev–Trinajstić information content (AvgIpc) is 2.60. The molecular formula is C19H15Br2NO2STe. The van der Waals surface area contributed by atoms with Gasteiger partial charge in [-0.2, -0.15) is 0 Å². The van der Waals surface area contributed by atoms with Crippen molar-refractivity contribution in [3.8, 4) is 0 Å². The molecule has 0 saturated heterocycles. The van der Waals surface area contributed by atoms with E-state index in [0.29, 0.717) is 0 Å². The van der Waals surface area contributed by atoms with Crippen molar-refractivity contribution < 1.29 is 8.42 Å². The quantitative estimate of drug-likeness (QED) is 0.410. The van der Waals surface area contributed by atoms with Gasteiger partial charge in [0, 0.05) is 0 Å². The van der Waals surface area contributed by atoms with Crippen LogP contribution in [0.1, 0.15) is 5.56 Å². The van der Waals surface area contributed by atoms with Gasteiger partial charge in [-0.05, 0) is 0 Å². The Labute approximate surface area is 177 Å². The topological polar surface area (TPSA) is 46.5 Å². The van der Waals surface area contributed by atoms with E-state index in [2.05, 4.69) is 34.4 Å². The van der Waals surface area contributed by atoms with Gasteiger partial charge in [0.1, 0.15) is 0 Å². The number of halogens is 2. The molecule has 0 aliphatic carbocycles. The molecule has 0 heterocycles. The molecule has 3 nitrogen and oxygen atoms in total. The molecular weight excluding hydrogens is 594 g/mol. The monoisotopic (exact) mass is 609 g/mol. The van der Waals surface area contributed by atoms with Gasteiger partial charge in [-0.3, -0.25) is 0 Å². The standard InChI is InChI=1S/C19H15Br2NO2STe/c20-16-8-4-10-18(12-16)26(19-11-5-9-17(21)13-19)22-25(23,24)14-15-6-2-1-3-7-15/h1-13H,14H2. The van der Waals surface area contributed by atoms with Gasteiger partial charge < -0.3 is 0 Å². The molecule has 0 N–H and O–H groups in total. The van der Waals surface area contributed by atoms with Crippen LogP contribution in [0.15, 0.2) is 90.4 Å². The number of nitrogens with zero attached hydrogens (tertiary/aromatic N) is 1. The Bertz CT molecular complexity index is 1010. The third kappa shape index (κ3) is 5.58. The predicted octanol–water partition coefficient (Wildman–Crippen LogP) is 4.12. The first kappa shape index (κ1) is 19.9. The molecule has 0 aromatic heterocycles. The molecule has 0 bridgehead atoms. The van der Waals surface area contributed by atoms with Crippen LogP contribution in [-0.4, -0.2) is 27.8 Å². The summed E-state index contributed by atoms with van der Waals surface area (Å²) in [5.41, 5.74) is 0.748. The van der Waals surface area contributed by atoms with Gasteiger partial charge in [-0.1, -0.05) is 0 Å². The van der Waals surface area contributed by atoms with E-state index in [1.165, 1.54) is 0 Å². The van der Waals surface area contributed by atoms with E-state index in [4.69, 9.17) is 0 Å². The minimum atomic E-state index is -3.59. The van der Waals surface area contributed by atoms with Crippen molar-refractivity contribution in [2.45, 2.75) is 5.75 Å². The number of hydrogen-bond donors (Lipinski definition) is 0. The Morgan fingerprint density at radius 1 is 0.769 bits per heavy atom. The van der Waals surface area contributed by atoms with Crippen molar-refractivity contribution in [2.24, 2.45) is 2.59 Å². The molecule has 3 aromatic carbocycles. The Kier molecular flexibility index (Phi) is 6.81. The first-order valence-corrected chi connectivity index (χ1v) is 14.2. The van der Waals surface area contributed by atoms with Crippen molar-refractivity contribution >= 4 is 68.5 Å². The van der Waals surface area contributed by atoms with Crippen LogP contribution in [0.3, 0.4) is 0 Å². The molecule has 0 aliphatic rings. The summed E-state index contributed by atoms with van der Waals surface area (Å²) in [5, 5.41) is 0. The summed E-state index contributed by atoms with van der Waals surface area (Å²) in [7, 11) is -3.59. The maximum atomic E-state index is 12.8. The number of sulfonamides is 1. The molecule has 0 fully saturated rings. The molecule has 0 aliphatic heterocycles. The summed E-state index contributed by atoms with van der Waals surface area (Å²) in [6, 6.07) is 24.7. The van der Waals surface area contributed by atoms with Crippen LogP contribution < -0.4 is 7.22 Å². The molecule has 26 heavy (non-hydrogen) atoms. The first-order chi connectivity index (χ1) is 12.4. The van der Waals surface area contributed by atoms with Crippen LogP contribution in [0.4, 0.5) is 0 Å². The van der Waals surface area contributed by atoms with Crippen molar-refractivity contribution in [3.05, 3.63) is 93.4 Å². The van der Waals surface area contributed by atoms with Gasteiger partial charge in [0.15, 0.2) is 0 Å². The van der Waals surface area contributed by atoms with E-state index in [1.807, 2.05) is 78.9 Å². The minimum absolute atomic E-state index is 0.0762. The first-order valence-electron chi connectivity index (χ1n) is 7.68. The molecule has 0 saturated carbocycles. The fraction of sp³-hybridized carbons (Fsp3) is 0.0526. The van der Waals surface area contributed by atoms with E-state index >= 15 is 0 Å². The summed E-state index contributed by atoms with van der Waals surface area (Å²) in [5.74, 6) is -0.0762. The molecule has 7 heteroatoms. The molecule has 0 amide bonds. The van der Waals surface area contributed by atoms with Crippen LogP contribution >= 0.6 is 31.9 Å². The van der Waals surface area contributed by atoms with E-state index < -0.39 is 29.4 Å². The van der Waals surface area contributed by atoms with Crippen LogP contribution in [0, 0.1) is 0 Å². The molecule has 0 unspecified atom stereocenters. The zero-order chi connectivity index (χ0) is 18.6. The van der Waals surface area contributed by atoms with E-state index in [1.54, 1.807) is 0 Å². The number of rotatable bonds is 5. The summed E-state index contributed by atoms with van der Waals surface area (Å²) in [4.78, 5) is 0. The average molecular weight is 609 g/mol. The summed E-state index contributed by atoms with van der Waals surface area (Å²) < 4.78 is 33.8. The number of hydrogen-bond acceptors (Lipinski definition) is 2. The second-order valence-corrected chi connectivity index (χ2v) is 14.5. The third-order valence-corrected chi connectivity index (χ3v) is 12.7. The Hall–Kier alpha value is -0.840. The molecule has 0 spiro atoms. The Morgan fingerprint density at radius 2 is 1.31 bits per heavy atom. The molecule has 3 rings (SSSR count). The Morgan fingerprint density at radius 3 is 1.81 bits per heavy atom. The maximum absolute atomic E-state index is 12.8. The fourth-order valence-corrected chi connectivity index (χ4v) is 12.3. The van der Waals surface area contributed by atoms with Crippen molar-refractivity contribution in [2.75, 3.05) is 0 Å². The van der Waals surface area contributed by atoms with E-state index in [9.17, 15) is 8.42 Å². The van der Waals surface area contributed by atoms with Crippen molar-refractivity contribution in [1.29, 1.82) is 0 Å². The Balaban J connectivity index is 2.09. The van der Waals surface area contributed by atoms with Crippen molar-refractivity contribution in [1.82, 2.24) is 0 Å². The normalized spacial score (nSPS) is 11.5. The van der Waals surface area contributed by atoms with Crippen molar-refractivity contribution in [3.63, 3.8) is 0 Å². The van der Waals surface area contributed by atoms with Crippen LogP contribution in [0.2, 0.25) is 0 Å². The van der Waals surface area contributed by atoms with Crippen LogP contribution in [0.5, 0.6) is 0 Å². The predicted molar refractivity (Wildman–Crippen MR) is 115 cm³/mol. The van der Waals surface area contributed by atoms with Gasteiger partial charge in [0.25, 0.3) is 0 Å². The van der Waals surface area contributed by atoms with Crippen LogP contribution in [0.25, 0.3) is 0 Å². The van der Waals surface area contributed by atoms with Gasteiger partial charge in [-0.15, -0.1) is 0 Å². The zero-order valence-corrected chi connectivity index (χ0v) is 19.9. The third-order valence-electron chi connectivity index (χ3n) is 3.42. The number of benzene rings is 3. The van der Waals surface area contributed by atoms with Gasteiger partial charge in [-0.25, -0.2) is 0 Å². The summed E-state index contributed by atoms with van der Waals surface area (Å²) >= 11 is 4.28. The molecule has 0 atom stereocenters. The summed E-state index contributed by atoms with van der Waals surface area (Å²) in [6.07, 6.45) is 0. The zero-order valence-electron chi connectivity index (χ0n) is 13.5. The SMILES string of the molecule is O=S(=O)(Cc1ccccc1)N=[Te](c1cccc(Br)c1)c1cccc(Br)c1. The fourth-order valence-electron chi connectivity index (χ4n) is 2.32. The van der Waals surface area contributed by atoms with E-state index in [0.717, 1.165) is 21.7 Å². The molecule has 0 radical (unpaired) electrons. The second-order valence-electron chi connectivity index (χ2n) is 5.49. The summed E-state index contributed by atoms with van der Waals surface area (Å²) in [6.45, 7) is 0.